The van der Waals surface area contributed by atoms with E-state index in [0.29, 0.717) is 5.76 Å². The van der Waals surface area contributed by atoms with Crippen molar-refractivity contribution in [2.45, 2.75) is 20.3 Å². The fourth-order valence-electron chi connectivity index (χ4n) is 0.542. The summed E-state index contributed by atoms with van der Waals surface area (Å²) in [5.41, 5.74) is 0. The zero-order valence-corrected chi connectivity index (χ0v) is 6.54. The highest BCUT2D eigenvalue weighted by Gasteiger charge is 1.78. The van der Waals surface area contributed by atoms with Crippen molar-refractivity contribution in [1.29, 1.82) is 0 Å². The van der Waals surface area contributed by atoms with Crippen LogP contribution in [0, 0.1) is 0 Å². The minimum atomic E-state index is 0.334. The van der Waals surface area contributed by atoms with Gasteiger partial charge < -0.3 is 5.11 Å². The van der Waals surface area contributed by atoms with Crippen LogP contribution in [0.3, 0.4) is 0 Å². The summed E-state index contributed by atoms with van der Waals surface area (Å²) in [5, 5.41) is 9.02. The summed E-state index contributed by atoms with van der Waals surface area (Å²) in [7, 11) is 0. The third-order valence-corrected chi connectivity index (χ3v) is 0.984. The second-order valence-electron chi connectivity index (χ2n) is 1.92. The predicted molar refractivity (Wildman–Crippen MR) is 45.0 cm³/mol. The highest BCUT2D eigenvalue weighted by Crippen LogP contribution is 1.93. The summed E-state index contributed by atoms with van der Waals surface area (Å²) in [6.07, 6.45) is 9.90. The van der Waals surface area contributed by atoms with E-state index >= 15 is 0 Å². The smallest absolute Gasteiger partial charge is 0.111 e. The van der Waals surface area contributed by atoms with Gasteiger partial charge in [-0.2, -0.15) is 0 Å². The molecular formula is C9H14O. The van der Waals surface area contributed by atoms with Crippen LogP contribution in [0.2, 0.25) is 0 Å². The second kappa shape index (κ2) is 6.14. The first kappa shape index (κ1) is 9.02. The molecular weight excluding hydrogens is 124 g/mol. The van der Waals surface area contributed by atoms with Gasteiger partial charge in [0.05, 0.1) is 0 Å². The van der Waals surface area contributed by atoms with Crippen LogP contribution in [0.25, 0.3) is 0 Å². The number of rotatable bonds is 3. The third kappa shape index (κ3) is 5.16. The fraction of sp³-hybridized carbons (Fsp3) is 0.333. The van der Waals surface area contributed by atoms with E-state index in [-0.39, 0.29) is 0 Å². The van der Waals surface area contributed by atoms with E-state index in [4.69, 9.17) is 5.11 Å². The zero-order chi connectivity index (χ0) is 7.82. The molecule has 10 heavy (non-hydrogen) atoms. The van der Waals surface area contributed by atoms with Crippen molar-refractivity contribution in [2.75, 3.05) is 0 Å². The average Bonchev–Trinajstić information content (AvgIpc) is 1.89. The molecule has 1 nitrogen and oxygen atoms in total. The number of allylic oxidation sites excluding steroid dienone is 5. The Morgan fingerprint density at radius 1 is 1.40 bits per heavy atom. The highest BCUT2D eigenvalue weighted by molar-refractivity contribution is 5.15. The Hall–Kier alpha value is -0.980. The summed E-state index contributed by atoms with van der Waals surface area (Å²) in [6, 6.07) is 0. The molecule has 0 unspecified atom stereocenters. The van der Waals surface area contributed by atoms with Gasteiger partial charge in [0.2, 0.25) is 0 Å². The molecule has 0 radical (unpaired) electrons. The van der Waals surface area contributed by atoms with E-state index in [1.807, 2.05) is 32.1 Å². The Labute approximate surface area is 62.4 Å². The Balaban J connectivity index is 3.76. The molecule has 0 aliphatic heterocycles. The molecule has 0 saturated carbocycles. The molecule has 0 aromatic rings. The van der Waals surface area contributed by atoms with E-state index in [0.717, 1.165) is 6.42 Å². The van der Waals surface area contributed by atoms with Crippen LogP contribution in [0.4, 0.5) is 0 Å². The molecule has 0 atom stereocenters. The van der Waals surface area contributed by atoms with Gasteiger partial charge in [-0.15, -0.1) is 0 Å². The monoisotopic (exact) mass is 138 g/mol. The zero-order valence-electron chi connectivity index (χ0n) is 6.54. The third-order valence-electron chi connectivity index (χ3n) is 0.984. The Morgan fingerprint density at radius 3 is 2.60 bits per heavy atom. The number of aliphatic hydroxyl groups is 1. The SMILES string of the molecule is C\C=C/C=C\C(O)=C\CC. The van der Waals surface area contributed by atoms with Crippen LogP contribution in [0.15, 0.2) is 36.1 Å². The molecule has 0 aromatic heterocycles. The van der Waals surface area contributed by atoms with Crippen molar-refractivity contribution >= 4 is 0 Å². The van der Waals surface area contributed by atoms with Crippen molar-refractivity contribution in [2.24, 2.45) is 0 Å². The van der Waals surface area contributed by atoms with E-state index in [1.54, 1.807) is 12.2 Å². The lowest BCUT2D eigenvalue weighted by Gasteiger charge is -1.85. The van der Waals surface area contributed by atoms with E-state index in [1.165, 1.54) is 0 Å². The minimum absolute atomic E-state index is 0.334. The topological polar surface area (TPSA) is 20.2 Å². The first-order valence-corrected chi connectivity index (χ1v) is 3.49. The van der Waals surface area contributed by atoms with Crippen molar-refractivity contribution < 1.29 is 5.11 Å². The average molecular weight is 138 g/mol. The standard InChI is InChI=1S/C9H14O/c1-3-5-6-8-9(10)7-4-2/h3,5-8,10H,4H2,1-2H3/b5-3-,8-6-,9-7-. The minimum Gasteiger partial charge on any atom is -0.508 e. The summed E-state index contributed by atoms with van der Waals surface area (Å²) < 4.78 is 0. The molecule has 0 spiro atoms. The van der Waals surface area contributed by atoms with Gasteiger partial charge in [-0.1, -0.05) is 25.2 Å². The number of hydrogen-bond acceptors (Lipinski definition) is 1. The molecule has 0 heterocycles. The van der Waals surface area contributed by atoms with E-state index in [2.05, 4.69) is 0 Å². The maximum atomic E-state index is 9.02. The largest absolute Gasteiger partial charge is 0.508 e. The molecule has 1 heteroatoms. The molecule has 0 fully saturated rings. The normalized spacial score (nSPS) is 13.6. The van der Waals surface area contributed by atoms with Gasteiger partial charge in [0.15, 0.2) is 0 Å². The molecule has 1 N–H and O–H groups in total. The molecule has 0 bridgehead atoms. The molecule has 0 aliphatic carbocycles. The Morgan fingerprint density at radius 2 is 2.10 bits per heavy atom. The lowest BCUT2D eigenvalue weighted by molar-refractivity contribution is 0.430. The first-order chi connectivity index (χ1) is 4.81. The summed E-state index contributed by atoms with van der Waals surface area (Å²) >= 11 is 0. The molecule has 56 valence electrons. The van der Waals surface area contributed by atoms with Crippen LogP contribution in [0.1, 0.15) is 20.3 Å². The predicted octanol–water partition coefficient (Wildman–Crippen LogP) is 2.97. The van der Waals surface area contributed by atoms with Gasteiger partial charge in [-0.3, -0.25) is 0 Å². The quantitative estimate of drug-likeness (QED) is 0.469. The lowest BCUT2D eigenvalue weighted by atomic mass is 10.3. The molecule has 0 aromatic carbocycles. The lowest BCUT2D eigenvalue weighted by Crippen LogP contribution is -1.70. The first-order valence-electron chi connectivity index (χ1n) is 3.49. The fourth-order valence-corrected chi connectivity index (χ4v) is 0.542. The summed E-state index contributed by atoms with van der Waals surface area (Å²) in [5.74, 6) is 0.334. The van der Waals surface area contributed by atoms with Gasteiger partial charge in [0.25, 0.3) is 0 Å². The van der Waals surface area contributed by atoms with Gasteiger partial charge >= 0.3 is 0 Å². The van der Waals surface area contributed by atoms with Crippen molar-refractivity contribution in [3.05, 3.63) is 36.1 Å². The molecule has 0 aliphatic rings. The van der Waals surface area contributed by atoms with Crippen molar-refractivity contribution in [3.63, 3.8) is 0 Å². The molecule has 0 rings (SSSR count). The van der Waals surface area contributed by atoms with Crippen LogP contribution in [0.5, 0.6) is 0 Å². The molecule has 0 amide bonds. The molecule has 0 saturated heterocycles. The van der Waals surface area contributed by atoms with E-state index in [9.17, 15) is 0 Å². The van der Waals surface area contributed by atoms with Crippen molar-refractivity contribution in [3.8, 4) is 0 Å². The van der Waals surface area contributed by atoms with Crippen LogP contribution >= 0.6 is 0 Å². The number of hydrogen-bond donors (Lipinski definition) is 1. The van der Waals surface area contributed by atoms with Gasteiger partial charge in [0, 0.05) is 0 Å². The van der Waals surface area contributed by atoms with Crippen molar-refractivity contribution in [1.82, 2.24) is 0 Å². The van der Waals surface area contributed by atoms with Gasteiger partial charge in [-0.25, -0.2) is 0 Å². The van der Waals surface area contributed by atoms with Crippen LogP contribution in [-0.4, -0.2) is 5.11 Å². The van der Waals surface area contributed by atoms with Gasteiger partial charge in [0.1, 0.15) is 5.76 Å². The number of aliphatic hydroxyl groups excluding tert-OH is 1. The maximum Gasteiger partial charge on any atom is 0.111 e. The Bertz CT molecular complexity index is 152. The second-order valence-corrected chi connectivity index (χ2v) is 1.92. The van der Waals surface area contributed by atoms with Crippen LogP contribution in [-0.2, 0) is 0 Å². The van der Waals surface area contributed by atoms with Gasteiger partial charge in [-0.05, 0) is 25.5 Å². The summed E-state index contributed by atoms with van der Waals surface area (Å²) in [4.78, 5) is 0. The maximum absolute atomic E-state index is 9.02. The van der Waals surface area contributed by atoms with Crippen LogP contribution < -0.4 is 0 Å². The van der Waals surface area contributed by atoms with E-state index < -0.39 is 0 Å². The highest BCUT2D eigenvalue weighted by atomic mass is 16.3. The Kier molecular flexibility index (Phi) is 5.54. The summed E-state index contributed by atoms with van der Waals surface area (Å²) in [6.45, 7) is 3.92.